The molecular weight excluding hydrogens is 398 g/mol. The second-order valence-corrected chi connectivity index (χ2v) is 8.86. The van der Waals surface area contributed by atoms with E-state index < -0.39 is 10.0 Å². The molecule has 1 aliphatic carbocycles. The quantitative estimate of drug-likeness (QED) is 0.605. The molecule has 0 aliphatic heterocycles. The molecule has 2 aromatic carbocycles. The second-order valence-electron chi connectivity index (χ2n) is 6.76. The summed E-state index contributed by atoms with van der Waals surface area (Å²) in [5.74, 6) is -0.219. The Morgan fingerprint density at radius 3 is 2.54 bits per heavy atom. The minimum atomic E-state index is -3.46. The minimum Gasteiger partial charge on any atom is -0.348 e. The van der Waals surface area contributed by atoms with Crippen LogP contribution in [0.1, 0.15) is 28.8 Å². The Kier molecular flexibility index (Phi) is 5.05. The molecule has 1 saturated carbocycles. The number of fused-ring (bicyclic) bond motifs is 1. The smallest absolute Gasteiger partial charge is 0.251 e. The van der Waals surface area contributed by atoms with Crippen molar-refractivity contribution in [1.82, 2.24) is 15.0 Å². The number of rotatable bonds is 6. The lowest BCUT2D eigenvalue weighted by atomic mass is 10.1. The molecule has 1 amide bonds. The highest BCUT2D eigenvalue weighted by Crippen LogP contribution is 2.22. The molecule has 0 bridgehead atoms. The van der Waals surface area contributed by atoms with E-state index in [1.807, 2.05) is 6.07 Å². The fourth-order valence-corrected chi connectivity index (χ4v) is 4.26. The molecule has 28 heavy (non-hydrogen) atoms. The van der Waals surface area contributed by atoms with E-state index in [0.717, 1.165) is 29.3 Å². The van der Waals surface area contributed by atoms with Gasteiger partial charge < -0.3 is 5.32 Å². The number of sulfonamides is 1. The van der Waals surface area contributed by atoms with Gasteiger partial charge in [0.25, 0.3) is 5.91 Å². The molecule has 3 aromatic rings. The molecule has 1 heterocycles. The van der Waals surface area contributed by atoms with Crippen molar-refractivity contribution in [2.75, 3.05) is 0 Å². The van der Waals surface area contributed by atoms with E-state index in [4.69, 9.17) is 11.6 Å². The van der Waals surface area contributed by atoms with Gasteiger partial charge in [-0.2, -0.15) is 0 Å². The Morgan fingerprint density at radius 2 is 1.82 bits per heavy atom. The SMILES string of the molecule is O=C(NCc1ccc(S(=O)(=O)NC2CC2)cc1)c1ccc2nc(Cl)ccc2c1. The third-order valence-corrected chi connectivity index (χ3v) is 6.25. The monoisotopic (exact) mass is 415 g/mol. The average molecular weight is 416 g/mol. The topological polar surface area (TPSA) is 88.2 Å². The zero-order chi connectivity index (χ0) is 19.7. The first-order valence-corrected chi connectivity index (χ1v) is 10.7. The molecule has 2 N–H and O–H groups in total. The van der Waals surface area contributed by atoms with Crippen molar-refractivity contribution in [2.45, 2.75) is 30.3 Å². The third-order valence-electron chi connectivity index (χ3n) is 4.50. The van der Waals surface area contributed by atoms with Gasteiger partial charge in [-0.1, -0.05) is 23.7 Å². The van der Waals surface area contributed by atoms with Crippen molar-refractivity contribution in [3.63, 3.8) is 0 Å². The van der Waals surface area contributed by atoms with E-state index in [-0.39, 0.29) is 16.8 Å². The lowest BCUT2D eigenvalue weighted by Crippen LogP contribution is -2.26. The van der Waals surface area contributed by atoms with Gasteiger partial charge in [-0.25, -0.2) is 18.1 Å². The number of nitrogens with zero attached hydrogens (tertiary/aromatic N) is 1. The maximum Gasteiger partial charge on any atom is 0.251 e. The fourth-order valence-electron chi connectivity index (χ4n) is 2.80. The Labute approximate surface area is 168 Å². The lowest BCUT2D eigenvalue weighted by molar-refractivity contribution is 0.0951. The summed E-state index contributed by atoms with van der Waals surface area (Å²) in [6.45, 7) is 0.298. The van der Waals surface area contributed by atoms with Crippen LogP contribution in [0.2, 0.25) is 5.15 Å². The summed E-state index contributed by atoms with van der Waals surface area (Å²) >= 11 is 5.87. The molecule has 144 valence electrons. The third kappa shape index (κ3) is 4.32. The summed E-state index contributed by atoms with van der Waals surface area (Å²) in [7, 11) is -3.46. The highest BCUT2D eigenvalue weighted by atomic mass is 35.5. The van der Waals surface area contributed by atoms with E-state index in [1.54, 1.807) is 48.5 Å². The maximum atomic E-state index is 12.4. The van der Waals surface area contributed by atoms with Gasteiger partial charge in [-0.3, -0.25) is 4.79 Å². The minimum absolute atomic E-state index is 0.0668. The Bertz CT molecular complexity index is 1140. The first-order valence-electron chi connectivity index (χ1n) is 8.86. The van der Waals surface area contributed by atoms with E-state index in [1.165, 1.54) is 0 Å². The van der Waals surface area contributed by atoms with E-state index >= 15 is 0 Å². The summed E-state index contributed by atoms with van der Waals surface area (Å²) < 4.78 is 27.0. The van der Waals surface area contributed by atoms with Crippen LogP contribution in [-0.4, -0.2) is 25.4 Å². The summed E-state index contributed by atoms with van der Waals surface area (Å²) in [5, 5.41) is 4.07. The highest BCUT2D eigenvalue weighted by Gasteiger charge is 2.27. The average Bonchev–Trinajstić information content (AvgIpc) is 3.49. The predicted molar refractivity (Wildman–Crippen MR) is 108 cm³/mol. The molecule has 0 atom stereocenters. The van der Waals surface area contributed by atoms with Crippen LogP contribution in [0.5, 0.6) is 0 Å². The van der Waals surface area contributed by atoms with Gasteiger partial charge in [0, 0.05) is 23.5 Å². The van der Waals surface area contributed by atoms with Crippen LogP contribution in [-0.2, 0) is 16.6 Å². The first-order chi connectivity index (χ1) is 13.4. The largest absolute Gasteiger partial charge is 0.348 e. The number of benzene rings is 2. The molecule has 6 nitrogen and oxygen atoms in total. The van der Waals surface area contributed by atoms with Crippen molar-refractivity contribution in [3.05, 3.63) is 70.9 Å². The molecule has 0 unspecified atom stereocenters. The van der Waals surface area contributed by atoms with Crippen LogP contribution in [0.25, 0.3) is 10.9 Å². The summed E-state index contributed by atoms with van der Waals surface area (Å²) in [6, 6.07) is 15.3. The normalized spacial score (nSPS) is 14.2. The van der Waals surface area contributed by atoms with Crippen molar-refractivity contribution in [1.29, 1.82) is 0 Å². The number of pyridine rings is 1. The van der Waals surface area contributed by atoms with Crippen LogP contribution in [0, 0.1) is 0 Å². The summed E-state index contributed by atoms with van der Waals surface area (Å²) in [4.78, 5) is 16.9. The molecular formula is C20H18ClN3O3S. The number of aromatic nitrogens is 1. The Hall–Kier alpha value is -2.48. The van der Waals surface area contributed by atoms with Crippen molar-refractivity contribution >= 4 is 38.4 Å². The van der Waals surface area contributed by atoms with Gasteiger partial charge >= 0.3 is 0 Å². The molecule has 4 rings (SSSR count). The molecule has 1 aliphatic rings. The van der Waals surface area contributed by atoms with Crippen molar-refractivity contribution < 1.29 is 13.2 Å². The number of nitrogens with one attached hydrogen (secondary N) is 2. The number of amides is 1. The fraction of sp³-hybridized carbons (Fsp3) is 0.200. The zero-order valence-electron chi connectivity index (χ0n) is 14.9. The van der Waals surface area contributed by atoms with Gasteiger partial charge in [0.1, 0.15) is 5.15 Å². The molecule has 8 heteroatoms. The van der Waals surface area contributed by atoms with Crippen LogP contribution < -0.4 is 10.0 Å². The van der Waals surface area contributed by atoms with Crippen molar-refractivity contribution in [2.24, 2.45) is 0 Å². The number of hydrogen-bond acceptors (Lipinski definition) is 4. The molecule has 1 aromatic heterocycles. The zero-order valence-corrected chi connectivity index (χ0v) is 16.4. The second kappa shape index (κ2) is 7.50. The highest BCUT2D eigenvalue weighted by molar-refractivity contribution is 7.89. The Balaban J connectivity index is 1.41. The molecule has 0 saturated heterocycles. The van der Waals surface area contributed by atoms with Gasteiger partial charge in [-0.15, -0.1) is 0 Å². The number of carbonyl (C=O) groups excluding carboxylic acids is 1. The maximum absolute atomic E-state index is 12.4. The van der Waals surface area contributed by atoms with Crippen LogP contribution in [0.15, 0.2) is 59.5 Å². The molecule has 0 spiro atoms. The number of hydrogen-bond donors (Lipinski definition) is 2. The van der Waals surface area contributed by atoms with Crippen LogP contribution in [0.3, 0.4) is 0 Å². The van der Waals surface area contributed by atoms with E-state index in [0.29, 0.717) is 17.3 Å². The van der Waals surface area contributed by atoms with Crippen molar-refractivity contribution in [3.8, 4) is 0 Å². The summed E-state index contributed by atoms with van der Waals surface area (Å²) in [6.07, 6.45) is 1.78. The number of carbonyl (C=O) groups is 1. The van der Waals surface area contributed by atoms with Gasteiger partial charge in [0.15, 0.2) is 0 Å². The van der Waals surface area contributed by atoms with Gasteiger partial charge in [-0.05, 0) is 60.9 Å². The van der Waals surface area contributed by atoms with Gasteiger partial charge in [0.05, 0.1) is 10.4 Å². The lowest BCUT2D eigenvalue weighted by Gasteiger charge is -2.08. The summed E-state index contributed by atoms with van der Waals surface area (Å²) in [5.41, 5.74) is 2.05. The van der Waals surface area contributed by atoms with Crippen LogP contribution >= 0.6 is 11.6 Å². The first kappa shape index (κ1) is 18.9. The van der Waals surface area contributed by atoms with E-state index in [9.17, 15) is 13.2 Å². The van der Waals surface area contributed by atoms with Crippen LogP contribution in [0.4, 0.5) is 0 Å². The molecule has 0 radical (unpaired) electrons. The molecule has 1 fully saturated rings. The van der Waals surface area contributed by atoms with E-state index in [2.05, 4.69) is 15.0 Å². The number of halogens is 1. The Morgan fingerprint density at radius 1 is 1.07 bits per heavy atom. The van der Waals surface area contributed by atoms with Gasteiger partial charge in [0.2, 0.25) is 10.0 Å². The predicted octanol–water partition coefficient (Wildman–Crippen LogP) is 3.26. The standard InChI is InChI=1S/C20H18ClN3O3S/c21-19-10-4-14-11-15(3-9-18(14)23-19)20(25)22-12-13-1-7-17(8-2-13)28(26,27)24-16-5-6-16/h1-4,7-11,16,24H,5-6,12H2,(H,22,25).